The van der Waals surface area contributed by atoms with Crippen molar-refractivity contribution in [2.45, 2.75) is 20.3 Å². The molecule has 0 spiro atoms. The lowest BCUT2D eigenvalue weighted by molar-refractivity contribution is -0.151. The molecule has 4 aromatic carbocycles. The van der Waals surface area contributed by atoms with E-state index in [-0.39, 0.29) is 18.9 Å². The minimum absolute atomic E-state index is 0.0335. The van der Waals surface area contributed by atoms with Crippen molar-refractivity contribution in [1.29, 1.82) is 0 Å². The first-order valence-corrected chi connectivity index (χ1v) is 12.5. The molecule has 1 fully saturated rings. The monoisotopic (exact) mass is 508 g/mol. The molecule has 0 aromatic heterocycles. The number of hydrogen-bond donors (Lipinski definition) is 1. The number of nitrogens with one attached hydrogen (secondary N) is 1. The fraction of sp³-hybridized carbons (Fsp3) is 0.194. The van der Waals surface area contributed by atoms with Gasteiger partial charge in [-0.3, -0.25) is 14.4 Å². The maximum Gasteiger partial charge on any atom is 0.311 e. The van der Waals surface area contributed by atoms with Crippen molar-refractivity contribution in [1.82, 2.24) is 0 Å². The second-order valence-electron chi connectivity index (χ2n) is 9.51. The molecule has 0 unspecified atom stereocenters. The molecule has 7 heteroatoms. The molecule has 1 N–H and O–H groups in total. The summed E-state index contributed by atoms with van der Waals surface area (Å²) in [5, 5.41) is 4.84. The Morgan fingerprint density at radius 1 is 0.921 bits per heavy atom. The van der Waals surface area contributed by atoms with Crippen LogP contribution in [0.4, 0.5) is 11.4 Å². The summed E-state index contributed by atoms with van der Waals surface area (Å²) in [6, 6.07) is 26.8. The summed E-state index contributed by atoms with van der Waals surface area (Å²) >= 11 is 0. The van der Waals surface area contributed by atoms with Crippen molar-refractivity contribution in [3.05, 3.63) is 96.1 Å². The van der Waals surface area contributed by atoms with Gasteiger partial charge >= 0.3 is 5.97 Å². The third kappa shape index (κ3) is 5.67. The molecule has 192 valence electrons. The Balaban J connectivity index is 1.16. The molecule has 1 aliphatic heterocycles. The molecule has 0 aliphatic carbocycles. The van der Waals surface area contributed by atoms with E-state index in [1.165, 1.54) is 0 Å². The van der Waals surface area contributed by atoms with Gasteiger partial charge in [0.05, 0.1) is 5.92 Å². The minimum atomic E-state index is -0.636. The normalized spacial score (nSPS) is 14.9. The summed E-state index contributed by atoms with van der Waals surface area (Å²) < 4.78 is 11.3. The topological polar surface area (TPSA) is 84.9 Å². The molecule has 1 atom stereocenters. The maximum absolute atomic E-state index is 12.7. The van der Waals surface area contributed by atoms with E-state index >= 15 is 0 Å². The quantitative estimate of drug-likeness (QED) is 0.320. The number of ether oxygens (including phenoxy) is 2. The molecule has 38 heavy (non-hydrogen) atoms. The molecule has 0 bridgehead atoms. The van der Waals surface area contributed by atoms with E-state index in [0.717, 1.165) is 27.6 Å². The Kier molecular flexibility index (Phi) is 7.09. The van der Waals surface area contributed by atoms with Crippen molar-refractivity contribution in [2.24, 2.45) is 5.92 Å². The third-order valence-corrected chi connectivity index (χ3v) is 6.44. The minimum Gasteiger partial charge on any atom is -0.457 e. The lowest BCUT2D eigenvalue weighted by Gasteiger charge is -2.17. The molecule has 5 rings (SSSR count). The first-order chi connectivity index (χ1) is 18.4. The average Bonchev–Trinajstić information content (AvgIpc) is 3.29. The van der Waals surface area contributed by atoms with Crippen LogP contribution in [-0.4, -0.2) is 30.9 Å². The van der Waals surface area contributed by atoms with E-state index in [4.69, 9.17) is 9.47 Å². The van der Waals surface area contributed by atoms with Crippen LogP contribution in [0.2, 0.25) is 0 Å². The van der Waals surface area contributed by atoms with E-state index in [9.17, 15) is 14.4 Å². The number of benzene rings is 4. The van der Waals surface area contributed by atoms with Crippen LogP contribution in [-0.2, 0) is 19.1 Å². The van der Waals surface area contributed by atoms with Gasteiger partial charge in [-0.25, -0.2) is 0 Å². The highest BCUT2D eigenvalue weighted by molar-refractivity contribution is 6.00. The summed E-state index contributed by atoms with van der Waals surface area (Å²) in [7, 11) is 0. The van der Waals surface area contributed by atoms with Gasteiger partial charge in [0.1, 0.15) is 11.5 Å². The number of hydrogen-bond acceptors (Lipinski definition) is 5. The van der Waals surface area contributed by atoms with Crippen molar-refractivity contribution < 1.29 is 23.9 Å². The number of carbonyl (C=O) groups is 3. The van der Waals surface area contributed by atoms with Crippen molar-refractivity contribution >= 4 is 39.9 Å². The zero-order chi connectivity index (χ0) is 26.6. The fourth-order valence-electron chi connectivity index (χ4n) is 4.72. The van der Waals surface area contributed by atoms with Crippen molar-refractivity contribution in [2.75, 3.05) is 23.4 Å². The predicted molar refractivity (Wildman–Crippen MR) is 146 cm³/mol. The van der Waals surface area contributed by atoms with Gasteiger partial charge in [0.2, 0.25) is 5.91 Å². The molecule has 1 heterocycles. The number of nitrogens with zero attached hydrogens (tertiary/aromatic N) is 1. The van der Waals surface area contributed by atoms with E-state index in [1.54, 1.807) is 29.2 Å². The maximum atomic E-state index is 12.7. The van der Waals surface area contributed by atoms with Gasteiger partial charge in [-0.05, 0) is 72.8 Å². The summed E-state index contributed by atoms with van der Waals surface area (Å²) in [4.78, 5) is 39.1. The Morgan fingerprint density at radius 2 is 1.63 bits per heavy atom. The highest BCUT2D eigenvalue weighted by Crippen LogP contribution is 2.32. The number of anilines is 2. The zero-order valence-electron chi connectivity index (χ0n) is 21.3. The van der Waals surface area contributed by atoms with Crippen LogP contribution < -0.4 is 15.0 Å². The Morgan fingerprint density at radius 3 is 2.39 bits per heavy atom. The van der Waals surface area contributed by atoms with E-state index < -0.39 is 24.4 Å². The Labute approximate surface area is 221 Å². The first-order valence-electron chi connectivity index (χ1n) is 12.5. The highest BCUT2D eigenvalue weighted by Gasteiger charge is 2.36. The summed E-state index contributed by atoms with van der Waals surface area (Å²) in [5.74, 6) is -0.406. The van der Waals surface area contributed by atoms with E-state index in [1.807, 2.05) is 74.5 Å². The smallest absolute Gasteiger partial charge is 0.311 e. The van der Waals surface area contributed by atoms with Crippen LogP contribution in [0.1, 0.15) is 17.5 Å². The number of fused-ring (bicyclic) bond motifs is 1. The highest BCUT2D eigenvalue weighted by atomic mass is 16.5. The molecule has 1 aliphatic rings. The Bertz CT molecular complexity index is 1490. The van der Waals surface area contributed by atoms with Gasteiger partial charge in [-0.1, -0.05) is 42.5 Å². The van der Waals surface area contributed by atoms with Gasteiger partial charge in [-0.15, -0.1) is 0 Å². The molecule has 1 saturated heterocycles. The SMILES string of the molecule is Cc1cc(C)cc(NC(=O)COC(=O)[C@H]2CC(=O)N(c3ccc(Oc4cccc5ccccc45)cc3)C2)c1. The number of aryl methyl sites for hydroxylation is 2. The van der Waals surface area contributed by atoms with Crippen LogP contribution >= 0.6 is 0 Å². The lowest BCUT2D eigenvalue weighted by Crippen LogP contribution is -2.28. The zero-order valence-corrected chi connectivity index (χ0v) is 21.3. The van der Waals surface area contributed by atoms with Crippen LogP contribution in [0, 0.1) is 19.8 Å². The first kappa shape index (κ1) is 25.0. The standard InChI is InChI=1S/C31H28N2O5/c1-20-14-21(2)16-24(15-20)32-29(34)19-37-31(36)23-17-30(35)33(18-23)25-10-12-26(13-11-25)38-28-9-5-7-22-6-3-4-8-27(22)28/h3-16,23H,17-19H2,1-2H3,(H,32,34)/t23-/m0/s1. The molecule has 0 saturated carbocycles. The molecular formula is C31H28N2O5. The molecule has 4 aromatic rings. The van der Waals surface area contributed by atoms with Crippen molar-refractivity contribution in [3.63, 3.8) is 0 Å². The van der Waals surface area contributed by atoms with Crippen LogP contribution in [0.5, 0.6) is 11.5 Å². The van der Waals surface area contributed by atoms with E-state index in [0.29, 0.717) is 17.1 Å². The summed E-state index contributed by atoms with van der Waals surface area (Å²) in [6.07, 6.45) is 0.0335. The van der Waals surface area contributed by atoms with Gasteiger partial charge in [-0.2, -0.15) is 0 Å². The summed E-state index contributed by atoms with van der Waals surface area (Å²) in [5.41, 5.74) is 3.37. The number of rotatable bonds is 7. The lowest BCUT2D eigenvalue weighted by atomic mass is 10.1. The van der Waals surface area contributed by atoms with Crippen LogP contribution in [0.15, 0.2) is 84.9 Å². The third-order valence-electron chi connectivity index (χ3n) is 6.44. The second-order valence-corrected chi connectivity index (χ2v) is 9.51. The summed E-state index contributed by atoms with van der Waals surface area (Å²) in [6.45, 7) is 3.67. The molecule has 0 radical (unpaired) electrons. The van der Waals surface area contributed by atoms with Crippen LogP contribution in [0.25, 0.3) is 10.8 Å². The molecule has 7 nitrogen and oxygen atoms in total. The Hall–Kier alpha value is -4.65. The van der Waals surface area contributed by atoms with Crippen molar-refractivity contribution in [3.8, 4) is 11.5 Å². The van der Waals surface area contributed by atoms with Gasteiger partial charge in [0.15, 0.2) is 6.61 Å². The largest absolute Gasteiger partial charge is 0.457 e. The number of amides is 2. The average molecular weight is 509 g/mol. The number of esters is 1. The second kappa shape index (κ2) is 10.8. The van der Waals surface area contributed by atoms with Crippen LogP contribution in [0.3, 0.4) is 0 Å². The number of carbonyl (C=O) groups excluding carboxylic acids is 3. The molecular weight excluding hydrogens is 480 g/mol. The van der Waals surface area contributed by atoms with Gasteiger partial charge < -0.3 is 19.7 Å². The molecule has 2 amide bonds. The van der Waals surface area contributed by atoms with E-state index in [2.05, 4.69) is 5.32 Å². The van der Waals surface area contributed by atoms with Gasteiger partial charge in [0.25, 0.3) is 5.91 Å². The van der Waals surface area contributed by atoms with Gasteiger partial charge in [0, 0.05) is 29.7 Å². The predicted octanol–water partition coefficient (Wildman–Crippen LogP) is 5.78. The fourth-order valence-corrected chi connectivity index (χ4v) is 4.72.